The zero-order valence-electron chi connectivity index (χ0n) is 10.3. The van der Waals surface area contributed by atoms with Crippen LogP contribution in [-0.4, -0.2) is 24.2 Å². The summed E-state index contributed by atoms with van der Waals surface area (Å²) >= 11 is 0. The summed E-state index contributed by atoms with van der Waals surface area (Å²) in [4.78, 5) is 22.3. The molecule has 0 fully saturated rings. The number of benzene rings is 2. The quantitative estimate of drug-likeness (QED) is 0.677. The summed E-state index contributed by atoms with van der Waals surface area (Å²) in [6.45, 7) is 0. The lowest BCUT2D eigenvalue weighted by Crippen LogP contribution is -2.00. The molecule has 0 aliphatic carbocycles. The van der Waals surface area contributed by atoms with Crippen LogP contribution in [0, 0.1) is 0 Å². The van der Waals surface area contributed by atoms with Crippen molar-refractivity contribution in [1.29, 1.82) is 0 Å². The third kappa shape index (κ3) is 2.80. The molecule has 0 saturated carbocycles. The van der Waals surface area contributed by atoms with Crippen molar-refractivity contribution < 1.29 is 19.4 Å². The van der Waals surface area contributed by atoms with Gasteiger partial charge in [-0.1, -0.05) is 24.3 Å². The second kappa shape index (κ2) is 5.35. The van der Waals surface area contributed by atoms with Crippen LogP contribution in [0.3, 0.4) is 0 Å². The lowest BCUT2D eigenvalue weighted by atomic mass is 10.0. The van der Waals surface area contributed by atoms with Crippen LogP contribution in [0.15, 0.2) is 42.5 Å². The van der Waals surface area contributed by atoms with Crippen LogP contribution in [-0.2, 0) is 9.53 Å². The monoisotopic (exact) mass is 256 g/mol. The number of hydrogen-bond donors (Lipinski definition) is 1. The van der Waals surface area contributed by atoms with Gasteiger partial charge in [0.15, 0.2) is 0 Å². The van der Waals surface area contributed by atoms with Crippen molar-refractivity contribution in [3.8, 4) is 0 Å². The van der Waals surface area contributed by atoms with E-state index in [4.69, 9.17) is 0 Å². The summed E-state index contributed by atoms with van der Waals surface area (Å²) < 4.78 is 4.49. The molecular formula is C15H12O4. The summed E-state index contributed by atoms with van der Waals surface area (Å²) in [7, 11) is 1.27. The molecule has 0 unspecified atom stereocenters. The number of ether oxygens (including phenoxy) is 1. The van der Waals surface area contributed by atoms with Crippen molar-refractivity contribution in [3.63, 3.8) is 0 Å². The number of rotatable bonds is 3. The molecule has 2 rings (SSSR count). The fourth-order valence-electron chi connectivity index (χ4n) is 1.81. The van der Waals surface area contributed by atoms with Gasteiger partial charge in [0, 0.05) is 6.08 Å². The normalized spacial score (nSPS) is 10.8. The fourth-order valence-corrected chi connectivity index (χ4v) is 1.81. The average Bonchev–Trinajstić information content (AvgIpc) is 2.43. The first-order valence-corrected chi connectivity index (χ1v) is 5.64. The Morgan fingerprint density at radius 2 is 1.79 bits per heavy atom. The van der Waals surface area contributed by atoms with E-state index >= 15 is 0 Å². The Kier molecular flexibility index (Phi) is 3.61. The lowest BCUT2D eigenvalue weighted by Gasteiger charge is -2.04. The molecule has 2 aromatic carbocycles. The topological polar surface area (TPSA) is 63.6 Å². The molecule has 1 N–H and O–H groups in total. The van der Waals surface area contributed by atoms with Crippen LogP contribution in [0.25, 0.3) is 16.8 Å². The smallest absolute Gasteiger partial charge is 0.336 e. The molecule has 4 nitrogen and oxygen atoms in total. The molecule has 0 atom stereocenters. The highest BCUT2D eigenvalue weighted by molar-refractivity contribution is 6.00. The van der Waals surface area contributed by atoms with Gasteiger partial charge in [-0.3, -0.25) is 0 Å². The highest BCUT2D eigenvalue weighted by Gasteiger charge is 2.09. The molecule has 0 saturated heterocycles. The maximum Gasteiger partial charge on any atom is 0.336 e. The summed E-state index contributed by atoms with van der Waals surface area (Å²) in [6, 6.07) is 10.8. The van der Waals surface area contributed by atoms with E-state index in [2.05, 4.69) is 4.74 Å². The molecule has 0 aliphatic heterocycles. The van der Waals surface area contributed by atoms with Gasteiger partial charge in [-0.2, -0.15) is 0 Å². The summed E-state index contributed by atoms with van der Waals surface area (Å²) in [5.41, 5.74) is 0.621. The van der Waals surface area contributed by atoms with E-state index in [1.165, 1.54) is 19.3 Å². The van der Waals surface area contributed by atoms with Gasteiger partial charge >= 0.3 is 11.9 Å². The molecule has 0 aromatic heterocycles. The second-order valence-electron chi connectivity index (χ2n) is 3.95. The lowest BCUT2D eigenvalue weighted by molar-refractivity contribution is -0.134. The van der Waals surface area contributed by atoms with Crippen LogP contribution < -0.4 is 0 Å². The molecule has 19 heavy (non-hydrogen) atoms. The first kappa shape index (κ1) is 12.8. The molecule has 96 valence electrons. The van der Waals surface area contributed by atoms with Gasteiger partial charge < -0.3 is 9.84 Å². The number of carbonyl (C=O) groups excluding carboxylic acids is 1. The third-order valence-corrected chi connectivity index (χ3v) is 2.75. The van der Waals surface area contributed by atoms with E-state index in [0.717, 1.165) is 10.8 Å². The molecular weight excluding hydrogens is 244 g/mol. The molecule has 0 heterocycles. The molecule has 0 spiro atoms. The van der Waals surface area contributed by atoms with E-state index in [1.807, 2.05) is 24.3 Å². The first-order valence-electron chi connectivity index (χ1n) is 5.64. The maximum atomic E-state index is 11.2. The Balaban J connectivity index is 2.57. The highest BCUT2D eigenvalue weighted by atomic mass is 16.5. The largest absolute Gasteiger partial charge is 0.478 e. The van der Waals surface area contributed by atoms with Crippen molar-refractivity contribution in [3.05, 3.63) is 53.6 Å². The molecule has 2 aromatic rings. The molecule has 0 amide bonds. The van der Waals surface area contributed by atoms with Gasteiger partial charge in [0.05, 0.1) is 12.7 Å². The molecule has 0 radical (unpaired) electrons. The number of fused-ring (bicyclic) bond motifs is 1. The van der Waals surface area contributed by atoms with Crippen LogP contribution in [0.1, 0.15) is 15.9 Å². The molecule has 0 aliphatic rings. The van der Waals surface area contributed by atoms with E-state index in [-0.39, 0.29) is 5.56 Å². The Bertz CT molecular complexity index is 671. The predicted molar refractivity (Wildman–Crippen MR) is 72.0 cm³/mol. The minimum absolute atomic E-state index is 0.152. The van der Waals surface area contributed by atoms with Crippen molar-refractivity contribution in [1.82, 2.24) is 0 Å². The van der Waals surface area contributed by atoms with Crippen LogP contribution in [0.2, 0.25) is 0 Å². The number of hydrogen-bond acceptors (Lipinski definition) is 3. The van der Waals surface area contributed by atoms with Crippen LogP contribution in [0.5, 0.6) is 0 Å². The van der Waals surface area contributed by atoms with Gasteiger partial charge in [-0.15, -0.1) is 0 Å². The van der Waals surface area contributed by atoms with Gasteiger partial charge in [0.25, 0.3) is 0 Å². The number of esters is 1. The van der Waals surface area contributed by atoms with Crippen LogP contribution >= 0.6 is 0 Å². The minimum atomic E-state index is -1.03. The summed E-state index contributed by atoms with van der Waals surface area (Å²) in [5, 5.41) is 11.0. The van der Waals surface area contributed by atoms with Gasteiger partial charge in [-0.25, -0.2) is 9.59 Å². The van der Waals surface area contributed by atoms with Crippen LogP contribution in [0.4, 0.5) is 0 Å². The third-order valence-electron chi connectivity index (χ3n) is 2.75. The summed E-state index contributed by atoms with van der Waals surface area (Å²) in [6.07, 6.45) is 2.65. The van der Waals surface area contributed by atoms with E-state index in [0.29, 0.717) is 5.56 Å². The Morgan fingerprint density at radius 1 is 1.16 bits per heavy atom. The van der Waals surface area contributed by atoms with Gasteiger partial charge in [0.1, 0.15) is 0 Å². The fraction of sp³-hybridized carbons (Fsp3) is 0.0667. The van der Waals surface area contributed by atoms with Crippen molar-refractivity contribution in [2.24, 2.45) is 0 Å². The Hall–Kier alpha value is -2.62. The number of carbonyl (C=O) groups is 2. The predicted octanol–water partition coefficient (Wildman–Crippen LogP) is 2.72. The Labute approximate surface area is 109 Å². The number of methoxy groups -OCH3 is 1. The highest BCUT2D eigenvalue weighted by Crippen LogP contribution is 2.21. The number of carboxylic acid groups (broad SMARTS) is 1. The van der Waals surface area contributed by atoms with E-state index in [9.17, 15) is 14.7 Å². The zero-order chi connectivity index (χ0) is 13.8. The van der Waals surface area contributed by atoms with Crippen molar-refractivity contribution in [2.45, 2.75) is 0 Å². The molecule has 0 bridgehead atoms. The average molecular weight is 256 g/mol. The zero-order valence-corrected chi connectivity index (χ0v) is 10.3. The number of aromatic carboxylic acids is 1. The van der Waals surface area contributed by atoms with Crippen molar-refractivity contribution >= 4 is 28.8 Å². The maximum absolute atomic E-state index is 11.2. The first-order chi connectivity index (χ1) is 9.11. The number of carboxylic acids is 1. The standard InChI is InChI=1S/C15H12O4/c1-19-14(16)7-6-12-8-10-4-2-3-5-11(10)9-13(12)15(17)18/h2-9H,1H3,(H,17,18)/b7-6+. The van der Waals surface area contributed by atoms with E-state index < -0.39 is 11.9 Å². The molecule has 4 heteroatoms. The SMILES string of the molecule is COC(=O)/C=C/c1cc2ccccc2cc1C(=O)O. The minimum Gasteiger partial charge on any atom is -0.478 e. The summed E-state index contributed by atoms with van der Waals surface area (Å²) in [5.74, 6) is -1.56. The second-order valence-corrected chi connectivity index (χ2v) is 3.95. The Morgan fingerprint density at radius 3 is 2.37 bits per heavy atom. The van der Waals surface area contributed by atoms with Crippen molar-refractivity contribution in [2.75, 3.05) is 7.11 Å². The van der Waals surface area contributed by atoms with Gasteiger partial charge in [-0.05, 0) is 34.5 Å². The van der Waals surface area contributed by atoms with Gasteiger partial charge in [0.2, 0.25) is 0 Å². The van der Waals surface area contributed by atoms with E-state index in [1.54, 1.807) is 12.1 Å².